The number of nitrogens with zero attached hydrogens (tertiary/aromatic N) is 2. The predicted molar refractivity (Wildman–Crippen MR) is 79.5 cm³/mol. The van der Waals surface area contributed by atoms with Crippen LogP contribution in [0.5, 0.6) is 0 Å². The zero-order chi connectivity index (χ0) is 14.0. The minimum atomic E-state index is 0.0955. The molecule has 0 saturated carbocycles. The van der Waals surface area contributed by atoms with Gasteiger partial charge in [-0.05, 0) is 24.3 Å². The summed E-state index contributed by atoms with van der Waals surface area (Å²) in [5, 5.41) is 9.41. The number of H-pyrrole nitrogens is 1. The number of amides is 1. The lowest BCUT2D eigenvalue weighted by Crippen LogP contribution is -2.25. The van der Waals surface area contributed by atoms with Crippen LogP contribution < -0.4 is 5.32 Å². The van der Waals surface area contributed by atoms with E-state index >= 15 is 0 Å². The van der Waals surface area contributed by atoms with Crippen LogP contribution in [0.4, 0.5) is 0 Å². The van der Waals surface area contributed by atoms with E-state index in [4.69, 9.17) is 0 Å². The Balaban J connectivity index is 1.52. The molecule has 0 atom stereocenters. The van der Waals surface area contributed by atoms with Crippen molar-refractivity contribution in [2.45, 2.75) is 24.2 Å². The fraction of sp³-hybridized carbons (Fsp3) is 0.357. The molecule has 20 heavy (non-hydrogen) atoms. The van der Waals surface area contributed by atoms with Gasteiger partial charge in [0.25, 0.3) is 0 Å². The molecule has 0 aliphatic rings. The van der Waals surface area contributed by atoms with E-state index < -0.39 is 0 Å². The molecular formula is C14H18N4OS. The minimum Gasteiger partial charge on any atom is -0.356 e. The molecule has 0 spiro atoms. The van der Waals surface area contributed by atoms with E-state index in [0.717, 1.165) is 18.0 Å². The molecular weight excluding hydrogens is 272 g/mol. The highest BCUT2D eigenvalue weighted by Crippen LogP contribution is 2.18. The van der Waals surface area contributed by atoms with Crippen molar-refractivity contribution < 1.29 is 4.79 Å². The Morgan fingerprint density at radius 1 is 1.30 bits per heavy atom. The summed E-state index contributed by atoms with van der Waals surface area (Å²) in [5.74, 6) is 1.85. The standard InChI is InChI=1S/C14H18N4OS/c19-14(15-9-8-13-16-11-17-18-13)7-4-10-20-12-5-2-1-3-6-12/h1-3,5-6,11H,4,7-10H2,(H,15,19)(H,16,17,18). The van der Waals surface area contributed by atoms with Gasteiger partial charge in [-0.1, -0.05) is 18.2 Å². The lowest BCUT2D eigenvalue weighted by molar-refractivity contribution is -0.121. The van der Waals surface area contributed by atoms with E-state index in [0.29, 0.717) is 19.4 Å². The molecule has 0 unspecified atom stereocenters. The van der Waals surface area contributed by atoms with Crippen molar-refractivity contribution in [1.82, 2.24) is 20.5 Å². The molecule has 2 aromatic rings. The highest BCUT2D eigenvalue weighted by Gasteiger charge is 2.02. The van der Waals surface area contributed by atoms with E-state index in [-0.39, 0.29) is 5.91 Å². The quantitative estimate of drug-likeness (QED) is 0.576. The van der Waals surface area contributed by atoms with Crippen molar-refractivity contribution in [3.8, 4) is 0 Å². The van der Waals surface area contributed by atoms with Crippen LogP contribution in [0, 0.1) is 0 Å². The monoisotopic (exact) mass is 290 g/mol. The third-order valence-electron chi connectivity index (χ3n) is 2.71. The Bertz CT molecular complexity index is 501. The second-order valence-corrected chi connectivity index (χ2v) is 5.47. The van der Waals surface area contributed by atoms with Crippen molar-refractivity contribution in [2.24, 2.45) is 0 Å². The second kappa shape index (κ2) is 8.37. The molecule has 1 heterocycles. The first-order valence-electron chi connectivity index (χ1n) is 6.63. The number of thioether (sulfide) groups is 1. The van der Waals surface area contributed by atoms with Crippen LogP contribution in [0.25, 0.3) is 0 Å². The van der Waals surface area contributed by atoms with Gasteiger partial charge in [0.15, 0.2) is 0 Å². The zero-order valence-corrected chi connectivity index (χ0v) is 12.0. The number of hydrogen-bond acceptors (Lipinski definition) is 4. The molecule has 1 amide bonds. The van der Waals surface area contributed by atoms with Gasteiger partial charge < -0.3 is 5.32 Å². The summed E-state index contributed by atoms with van der Waals surface area (Å²) >= 11 is 1.78. The van der Waals surface area contributed by atoms with Crippen LogP contribution in [0.15, 0.2) is 41.6 Å². The third-order valence-corrected chi connectivity index (χ3v) is 3.81. The molecule has 106 valence electrons. The molecule has 5 nitrogen and oxygen atoms in total. The minimum absolute atomic E-state index is 0.0955. The molecule has 0 aliphatic carbocycles. The molecule has 0 aliphatic heterocycles. The number of carbonyl (C=O) groups is 1. The molecule has 6 heteroatoms. The second-order valence-electron chi connectivity index (χ2n) is 4.30. The summed E-state index contributed by atoms with van der Waals surface area (Å²) in [6, 6.07) is 10.2. The first kappa shape index (κ1) is 14.6. The predicted octanol–water partition coefficient (Wildman–Crippen LogP) is 2.04. The Morgan fingerprint density at radius 2 is 2.15 bits per heavy atom. The Morgan fingerprint density at radius 3 is 2.90 bits per heavy atom. The Hall–Kier alpha value is -1.82. The highest BCUT2D eigenvalue weighted by molar-refractivity contribution is 7.99. The summed E-state index contributed by atoms with van der Waals surface area (Å²) in [7, 11) is 0. The molecule has 1 aromatic carbocycles. The summed E-state index contributed by atoms with van der Waals surface area (Å²) in [6.45, 7) is 0.597. The fourth-order valence-corrected chi connectivity index (χ4v) is 2.57. The number of hydrogen-bond donors (Lipinski definition) is 2. The van der Waals surface area contributed by atoms with Gasteiger partial charge in [0, 0.05) is 24.3 Å². The van der Waals surface area contributed by atoms with Gasteiger partial charge in [-0.3, -0.25) is 9.89 Å². The molecule has 0 fully saturated rings. The first-order chi connectivity index (χ1) is 9.84. The highest BCUT2D eigenvalue weighted by atomic mass is 32.2. The van der Waals surface area contributed by atoms with E-state index in [1.807, 2.05) is 18.2 Å². The van der Waals surface area contributed by atoms with Crippen LogP contribution in [0.3, 0.4) is 0 Å². The van der Waals surface area contributed by atoms with Gasteiger partial charge >= 0.3 is 0 Å². The number of nitrogens with one attached hydrogen (secondary N) is 2. The van der Waals surface area contributed by atoms with Crippen LogP contribution in [-0.2, 0) is 11.2 Å². The van der Waals surface area contributed by atoms with Crippen molar-refractivity contribution in [1.29, 1.82) is 0 Å². The van der Waals surface area contributed by atoms with Crippen LogP contribution in [0.1, 0.15) is 18.7 Å². The maximum Gasteiger partial charge on any atom is 0.220 e. The number of carbonyl (C=O) groups excluding carboxylic acids is 1. The van der Waals surface area contributed by atoms with E-state index in [1.54, 1.807) is 11.8 Å². The molecule has 2 N–H and O–H groups in total. The van der Waals surface area contributed by atoms with Crippen molar-refractivity contribution in [3.63, 3.8) is 0 Å². The Kier molecular flexibility index (Phi) is 6.10. The SMILES string of the molecule is O=C(CCCSc1ccccc1)NCCc1ncn[nH]1. The summed E-state index contributed by atoms with van der Waals surface area (Å²) in [5.41, 5.74) is 0. The topological polar surface area (TPSA) is 70.7 Å². The van der Waals surface area contributed by atoms with Crippen molar-refractivity contribution in [2.75, 3.05) is 12.3 Å². The normalized spacial score (nSPS) is 10.4. The number of benzene rings is 1. The number of aromatic amines is 1. The number of aromatic nitrogens is 3. The van der Waals surface area contributed by atoms with Crippen molar-refractivity contribution >= 4 is 17.7 Å². The largest absolute Gasteiger partial charge is 0.356 e. The third kappa shape index (κ3) is 5.44. The zero-order valence-electron chi connectivity index (χ0n) is 11.2. The molecule has 0 bridgehead atoms. The molecule has 0 saturated heterocycles. The van der Waals surface area contributed by atoms with E-state index in [1.165, 1.54) is 11.2 Å². The van der Waals surface area contributed by atoms with Crippen molar-refractivity contribution in [3.05, 3.63) is 42.5 Å². The van der Waals surface area contributed by atoms with Gasteiger partial charge in [-0.25, -0.2) is 4.98 Å². The van der Waals surface area contributed by atoms with Gasteiger partial charge in [0.2, 0.25) is 5.91 Å². The molecule has 1 aromatic heterocycles. The maximum absolute atomic E-state index is 11.6. The summed E-state index contributed by atoms with van der Waals surface area (Å²) < 4.78 is 0. The maximum atomic E-state index is 11.6. The van der Waals surface area contributed by atoms with Crippen LogP contribution in [-0.4, -0.2) is 33.4 Å². The summed E-state index contributed by atoms with van der Waals surface area (Å²) in [4.78, 5) is 16.9. The first-order valence-corrected chi connectivity index (χ1v) is 7.62. The van der Waals surface area contributed by atoms with Gasteiger partial charge in [-0.2, -0.15) is 5.10 Å². The van der Waals surface area contributed by atoms with Crippen LogP contribution >= 0.6 is 11.8 Å². The summed E-state index contributed by atoms with van der Waals surface area (Å²) in [6.07, 6.45) is 3.60. The lowest BCUT2D eigenvalue weighted by Gasteiger charge is -2.04. The number of rotatable bonds is 8. The average molecular weight is 290 g/mol. The van der Waals surface area contributed by atoms with E-state index in [9.17, 15) is 4.79 Å². The van der Waals surface area contributed by atoms with Gasteiger partial charge in [-0.15, -0.1) is 11.8 Å². The molecule has 0 radical (unpaired) electrons. The lowest BCUT2D eigenvalue weighted by atomic mass is 10.3. The smallest absolute Gasteiger partial charge is 0.220 e. The Labute approximate surface area is 122 Å². The average Bonchev–Trinajstić information content (AvgIpc) is 2.98. The molecule has 2 rings (SSSR count). The fourth-order valence-electron chi connectivity index (χ4n) is 1.70. The van der Waals surface area contributed by atoms with Gasteiger partial charge in [0.05, 0.1) is 0 Å². The van der Waals surface area contributed by atoms with E-state index in [2.05, 4.69) is 32.6 Å². The van der Waals surface area contributed by atoms with Gasteiger partial charge in [0.1, 0.15) is 12.2 Å². The van der Waals surface area contributed by atoms with Crippen LogP contribution in [0.2, 0.25) is 0 Å².